The van der Waals surface area contributed by atoms with E-state index in [4.69, 9.17) is 9.47 Å². The molecule has 0 aromatic heterocycles. The van der Waals surface area contributed by atoms with E-state index in [1.807, 2.05) is 0 Å². The van der Waals surface area contributed by atoms with Crippen LogP contribution in [0.5, 0.6) is 5.75 Å². The number of carbonyl (C=O) groups excluding carboxylic acids is 1. The molecule has 0 atom stereocenters. The molecule has 1 aromatic rings. The summed E-state index contributed by atoms with van der Waals surface area (Å²) in [4.78, 5) is 21.4. The Kier molecular flexibility index (Phi) is 5.25. The minimum Gasteiger partial charge on any atom is -0.476 e. The van der Waals surface area contributed by atoms with Crippen molar-refractivity contribution in [2.24, 2.45) is 0 Å². The average Bonchev–Trinajstić information content (AvgIpc) is 2.36. The molecule has 0 aliphatic rings. The highest BCUT2D eigenvalue weighted by atomic mass is 16.6. The molecule has 0 N–H and O–H groups in total. The molecule has 20 heavy (non-hydrogen) atoms. The van der Waals surface area contributed by atoms with Crippen LogP contribution in [0.15, 0.2) is 30.5 Å². The maximum Gasteiger partial charge on any atom is 0.349 e. The van der Waals surface area contributed by atoms with Crippen LogP contribution in [0.4, 0.5) is 0 Å². The van der Waals surface area contributed by atoms with Crippen molar-refractivity contribution in [3.8, 4) is 5.75 Å². The van der Waals surface area contributed by atoms with Gasteiger partial charge in [-0.25, -0.2) is 4.79 Å². The molecule has 0 saturated carbocycles. The first-order valence-electron chi connectivity index (χ1n) is 6.13. The summed E-state index contributed by atoms with van der Waals surface area (Å²) in [5.74, 6) is -0.0280. The summed E-state index contributed by atoms with van der Waals surface area (Å²) < 4.78 is 10.5. The molecule has 0 unspecified atom stereocenters. The van der Waals surface area contributed by atoms with Crippen LogP contribution in [0.3, 0.4) is 0 Å². The first-order chi connectivity index (χ1) is 9.35. The zero-order chi connectivity index (χ0) is 15.2. The van der Waals surface area contributed by atoms with Crippen molar-refractivity contribution in [2.75, 3.05) is 6.61 Å². The zero-order valence-corrected chi connectivity index (χ0v) is 11.7. The SMILES string of the molecule is CCOC(=O)C(C)(C)Oc1cccc(C=C[N+](=O)[O-])c1. The monoisotopic (exact) mass is 279 g/mol. The van der Waals surface area contributed by atoms with Crippen LogP contribution < -0.4 is 4.74 Å². The molecule has 0 radical (unpaired) electrons. The molecule has 0 amide bonds. The summed E-state index contributed by atoms with van der Waals surface area (Å²) in [7, 11) is 0. The molecule has 1 aromatic carbocycles. The molecular formula is C14H17NO5. The van der Waals surface area contributed by atoms with Gasteiger partial charge in [-0.15, -0.1) is 0 Å². The van der Waals surface area contributed by atoms with Crippen molar-refractivity contribution < 1.29 is 19.2 Å². The number of hydrogen-bond donors (Lipinski definition) is 0. The normalized spacial score (nSPS) is 11.3. The number of rotatable bonds is 6. The van der Waals surface area contributed by atoms with Crippen LogP contribution >= 0.6 is 0 Å². The quantitative estimate of drug-likeness (QED) is 0.454. The summed E-state index contributed by atoms with van der Waals surface area (Å²) in [5.41, 5.74) is -0.514. The van der Waals surface area contributed by atoms with Crippen LogP contribution in [-0.4, -0.2) is 23.1 Å². The van der Waals surface area contributed by atoms with E-state index in [0.717, 1.165) is 6.20 Å². The number of nitro groups is 1. The van der Waals surface area contributed by atoms with Crippen LogP contribution in [0.25, 0.3) is 6.08 Å². The number of ether oxygens (including phenoxy) is 2. The summed E-state index contributed by atoms with van der Waals surface area (Å²) in [6.45, 7) is 5.20. The Balaban J connectivity index is 2.85. The standard InChI is InChI=1S/C14H17NO5/c1-4-19-13(16)14(2,3)20-12-7-5-6-11(10-12)8-9-15(17)18/h5-10H,4H2,1-3H3. The maximum atomic E-state index is 11.7. The van der Waals surface area contributed by atoms with E-state index in [9.17, 15) is 14.9 Å². The predicted molar refractivity (Wildman–Crippen MR) is 73.8 cm³/mol. The van der Waals surface area contributed by atoms with Gasteiger partial charge in [0, 0.05) is 6.08 Å². The van der Waals surface area contributed by atoms with E-state index in [2.05, 4.69) is 0 Å². The Morgan fingerprint density at radius 3 is 2.75 bits per heavy atom. The van der Waals surface area contributed by atoms with Crippen molar-refractivity contribution in [1.29, 1.82) is 0 Å². The number of benzene rings is 1. The Hall–Kier alpha value is -2.37. The Bertz CT molecular complexity index is 522. The first-order valence-corrected chi connectivity index (χ1v) is 6.13. The van der Waals surface area contributed by atoms with Gasteiger partial charge in [-0.05, 0) is 38.5 Å². The minimum absolute atomic E-state index is 0.275. The van der Waals surface area contributed by atoms with Crippen LogP contribution in [0.2, 0.25) is 0 Å². The zero-order valence-electron chi connectivity index (χ0n) is 11.7. The molecule has 0 bridgehead atoms. The second-order valence-electron chi connectivity index (χ2n) is 4.51. The van der Waals surface area contributed by atoms with E-state index in [1.54, 1.807) is 45.0 Å². The molecule has 0 fully saturated rings. The van der Waals surface area contributed by atoms with Gasteiger partial charge < -0.3 is 9.47 Å². The Morgan fingerprint density at radius 1 is 1.45 bits per heavy atom. The first kappa shape index (κ1) is 15.7. The van der Waals surface area contributed by atoms with E-state index in [0.29, 0.717) is 11.3 Å². The van der Waals surface area contributed by atoms with Gasteiger partial charge in [0.15, 0.2) is 5.60 Å². The van der Waals surface area contributed by atoms with Crippen molar-refractivity contribution >= 4 is 12.0 Å². The lowest BCUT2D eigenvalue weighted by Gasteiger charge is -2.24. The molecule has 0 aliphatic heterocycles. The van der Waals surface area contributed by atoms with Gasteiger partial charge in [0.2, 0.25) is 6.20 Å². The fourth-order valence-corrected chi connectivity index (χ4v) is 1.47. The van der Waals surface area contributed by atoms with Gasteiger partial charge in [0.05, 0.1) is 11.5 Å². The van der Waals surface area contributed by atoms with Gasteiger partial charge in [-0.3, -0.25) is 10.1 Å². The number of carbonyl (C=O) groups is 1. The fourth-order valence-electron chi connectivity index (χ4n) is 1.47. The third kappa shape index (κ3) is 4.72. The number of esters is 1. The lowest BCUT2D eigenvalue weighted by molar-refractivity contribution is -0.400. The molecule has 0 saturated heterocycles. The van der Waals surface area contributed by atoms with Gasteiger partial charge in [0.25, 0.3) is 0 Å². The van der Waals surface area contributed by atoms with Crippen LogP contribution in [0, 0.1) is 10.1 Å². The van der Waals surface area contributed by atoms with E-state index < -0.39 is 16.5 Å². The maximum absolute atomic E-state index is 11.7. The van der Waals surface area contributed by atoms with Crippen LogP contribution in [-0.2, 0) is 9.53 Å². The second-order valence-corrected chi connectivity index (χ2v) is 4.51. The second kappa shape index (κ2) is 6.70. The number of nitrogens with zero attached hydrogens (tertiary/aromatic N) is 1. The van der Waals surface area contributed by atoms with Crippen molar-refractivity contribution in [3.05, 3.63) is 46.1 Å². The smallest absolute Gasteiger partial charge is 0.349 e. The minimum atomic E-state index is -1.12. The topological polar surface area (TPSA) is 78.7 Å². The Labute approximate surface area is 117 Å². The largest absolute Gasteiger partial charge is 0.476 e. The summed E-state index contributed by atoms with van der Waals surface area (Å²) in [6.07, 6.45) is 2.19. The van der Waals surface area contributed by atoms with Crippen molar-refractivity contribution in [1.82, 2.24) is 0 Å². The van der Waals surface area contributed by atoms with E-state index in [-0.39, 0.29) is 6.61 Å². The molecule has 6 heteroatoms. The summed E-state index contributed by atoms with van der Waals surface area (Å²) in [6, 6.07) is 6.67. The number of hydrogen-bond acceptors (Lipinski definition) is 5. The van der Waals surface area contributed by atoms with E-state index >= 15 is 0 Å². The highest BCUT2D eigenvalue weighted by Gasteiger charge is 2.31. The highest BCUT2D eigenvalue weighted by Crippen LogP contribution is 2.21. The third-order valence-corrected chi connectivity index (χ3v) is 2.39. The Morgan fingerprint density at radius 2 is 2.15 bits per heavy atom. The predicted octanol–water partition coefficient (Wildman–Crippen LogP) is 2.65. The van der Waals surface area contributed by atoms with E-state index in [1.165, 1.54) is 6.08 Å². The summed E-state index contributed by atoms with van der Waals surface area (Å²) in [5, 5.41) is 10.3. The van der Waals surface area contributed by atoms with Crippen molar-refractivity contribution in [3.63, 3.8) is 0 Å². The highest BCUT2D eigenvalue weighted by molar-refractivity contribution is 5.79. The molecule has 0 heterocycles. The molecular weight excluding hydrogens is 262 g/mol. The molecule has 0 aliphatic carbocycles. The summed E-state index contributed by atoms with van der Waals surface area (Å²) >= 11 is 0. The van der Waals surface area contributed by atoms with Crippen molar-refractivity contribution in [2.45, 2.75) is 26.4 Å². The fraction of sp³-hybridized carbons (Fsp3) is 0.357. The molecule has 0 spiro atoms. The lowest BCUT2D eigenvalue weighted by atomic mass is 10.1. The van der Waals surface area contributed by atoms with Crippen LogP contribution in [0.1, 0.15) is 26.3 Å². The van der Waals surface area contributed by atoms with Gasteiger partial charge in [-0.1, -0.05) is 12.1 Å². The molecule has 6 nitrogen and oxygen atoms in total. The average molecular weight is 279 g/mol. The molecule has 1 rings (SSSR count). The van der Waals surface area contributed by atoms with Gasteiger partial charge in [0.1, 0.15) is 5.75 Å². The lowest BCUT2D eigenvalue weighted by Crippen LogP contribution is -2.39. The third-order valence-electron chi connectivity index (χ3n) is 2.39. The van der Waals surface area contributed by atoms with Gasteiger partial charge >= 0.3 is 5.97 Å². The molecule has 108 valence electrons. The van der Waals surface area contributed by atoms with Gasteiger partial charge in [-0.2, -0.15) is 0 Å².